The normalized spacial score (nSPS) is 31.0. The smallest absolute Gasteiger partial charge is 0.334 e. The van der Waals surface area contributed by atoms with Crippen LogP contribution in [0.2, 0.25) is 0 Å². The lowest BCUT2D eigenvalue weighted by Crippen LogP contribution is -2.48. The van der Waals surface area contributed by atoms with Gasteiger partial charge in [-0.05, 0) is 26.2 Å². The summed E-state index contributed by atoms with van der Waals surface area (Å²) >= 11 is 0. The summed E-state index contributed by atoms with van der Waals surface area (Å²) in [6.45, 7) is 1.09. The van der Waals surface area contributed by atoms with Crippen LogP contribution < -0.4 is 16.0 Å². The largest absolute Gasteiger partial charge is 0.388 e. The van der Waals surface area contributed by atoms with Gasteiger partial charge in [-0.1, -0.05) is 0 Å². The van der Waals surface area contributed by atoms with Gasteiger partial charge in [-0.2, -0.15) is 0 Å². The lowest BCUT2D eigenvalue weighted by Gasteiger charge is -2.39. The van der Waals surface area contributed by atoms with Crippen LogP contribution in [0.25, 0.3) is 0 Å². The van der Waals surface area contributed by atoms with E-state index in [0.29, 0.717) is 24.3 Å². The molecule has 258 valence electrons. The van der Waals surface area contributed by atoms with Crippen molar-refractivity contribution >= 4 is 35.5 Å². The summed E-state index contributed by atoms with van der Waals surface area (Å²) in [5.41, 5.74) is 0. The second-order valence-corrected chi connectivity index (χ2v) is 11.4. The van der Waals surface area contributed by atoms with Gasteiger partial charge in [0.2, 0.25) is 17.7 Å². The number of nitrogens with one attached hydrogen (secondary N) is 3. The molecule has 4 heterocycles. The van der Waals surface area contributed by atoms with Gasteiger partial charge in [0.15, 0.2) is 18.9 Å². The molecular formula is C28H43N5O13. The van der Waals surface area contributed by atoms with Gasteiger partial charge in [0.1, 0.15) is 12.2 Å². The number of rotatable bonds is 6. The summed E-state index contributed by atoms with van der Waals surface area (Å²) < 4.78 is 29.5. The van der Waals surface area contributed by atoms with E-state index in [0.717, 1.165) is 6.42 Å². The molecule has 4 fully saturated rings. The standard InChI is InChI=1S/C28H43N5O13/c1-17-2-4-19-28(43-17)42-13-11-31-22(37)16-32(14-20(35)29-9-8-25(40)46-33-23(38)5-6-24(33)39)15-21(36)30-10-12-41-27-18(34)3-7-26(44-19)45-27/h17-19,26-28,34H,2-16H2,1H3,(H,29,35)(H,30,36)(H,31,37)/t17-,18-,19-,26+,27+,28+/m0/s1. The molecule has 4 N–H and O–H groups in total. The molecule has 0 unspecified atom stereocenters. The predicted molar refractivity (Wildman–Crippen MR) is 152 cm³/mol. The maximum Gasteiger partial charge on any atom is 0.334 e. The van der Waals surface area contributed by atoms with Crippen molar-refractivity contribution in [3.63, 3.8) is 0 Å². The molecule has 6 atom stereocenters. The average molecular weight is 658 g/mol. The number of carbonyl (C=O) groups excluding carboxylic acids is 6. The molecule has 0 saturated carbocycles. The van der Waals surface area contributed by atoms with E-state index < -0.39 is 66.6 Å². The maximum atomic E-state index is 12.7. The molecule has 4 saturated heterocycles. The van der Waals surface area contributed by atoms with Crippen molar-refractivity contribution in [2.24, 2.45) is 0 Å². The fourth-order valence-electron chi connectivity index (χ4n) is 5.18. The van der Waals surface area contributed by atoms with Gasteiger partial charge in [-0.25, -0.2) is 4.79 Å². The molecule has 4 aliphatic rings. The van der Waals surface area contributed by atoms with E-state index in [9.17, 15) is 33.9 Å². The van der Waals surface area contributed by atoms with Crippen molar-refractivity contribution in [1.82, 2.24) is 25.9 Å². The van der Waals surface area contributed by atoms with Gasteiger partial charge in [0.05, 0.1) is 45.4 Å². The molecule has 4 aliphatic heterocycles. The molecular weight excluding hydrogens is 614 g/mol. The van der Waals surface area contributed by atoms with Gasteiger partial charge in [0.25, 0.3) is 11.8 Å². The Morgan fingerprint density at radius 2 is 1.54 bits per heavy atom. The molecule has 0 spiro atoms. The van der Waals surface area contributed by atoms with Crippen LogP contribution in [-0.4, -0.2) is 140 Å². The third-order valence-corrected chi connectivity index (χ3v) is 7.52. The molecule has 5 amide bonds. The number of ether oxygens (including phenoxy) is 5. The first-order chi connectivity index (χ1) is 22.1. The Hall–Kier alpha value is -3.26. The number of fused-ring (bicyclic) bond motifs is 3. The minimum atomic E-state index is -0.962. The van der Waals surface area contributed by atoms with Crippen molar-refractivity contribution < 1.29 is 62.4 Å². The summed E-state index contributed by atoms with van der Waals surface area (Å²) in [5, 5.41) is 18.6. The van der Waals surface area contributed by atoms with Crippen LogP contribution >= 0.6 is 0 Å². The summed E-state index contributed by atoms with van der Waals surface area (Å²) in [5.74, 6) is -3.65. The van der Waals surface area contributed by atoms with Crippen molar-refractivity contribution in [3.05, 3.63) is 0 Å². The number of hydrogen-bond donors (Lipinski definition) is 4. The van der Waals surface area contributed by atoms with Crippen LogP contribution in [0, 0.1) is 0 Å². The average Bonchev–Trinajstić information content (AvgIpc) is 3.31. The fourth-order valence-corrected chi connectivity index (χ4v) is 5.18. The number of carbonyl (C=O) groups is 6. The van der Waals surface area contributed by atoms with Crippen molar-refractivity contribution in [3.8, 4) is 0 Å². The highest BCUT2D eigenvalue weighted by atomic mass is 16.8. The molecule has 46 heavy (non-hydrogen) atoms. The van der Waals surface area contributed by atoms with Gasteiger partial charge in [-0.15, -0.1) is 5.06 Å². The molecule has 18 nitrogen and oxygen atoms in total. The van der Waals surface area contributed by atoms with Crippen molar-refractivity contribution in [2.75, 3.05) is 52.5 Å². The molecule has 4 rings (SSSR count). The number of amides is 5. The second-order valence-electron chi connectivity index (χ2n) is 11.4. The number of nitrogens with zero attached hydrogens (tertiary/aromatic N) is 2. The highest BCUT2D eigenvalue weighted by molar-refractivity contribution is 6.01. The Morgan fingerprint density at radius 3 is 2.22 bits per heavy atom. The first kappa shape index (κ1) is 35.6. The van der Waals surface area contributed by atoms with Crippen LogP contribution in [0.5, 0.6) is 0 Å². The van der Waals surface area contributed by atoms with Gasteiger partial charge < -0.3 is 49.6 Å². The van der Waals surface area contributed by atoms with E-state index in [1.807, 2.05) is 6.92 Å². The van der Waals surface area contributed by atoms with Crippen LogP contribution in [0.1, 0.15) is 51.9 Å². The number of hydrogen-bond acceptors (Lipinski definition) is 14. The monoisotopic (exact) mass is 657 g/mol. The second kappa shape index (κ2) is 17.6. The van der Waals surface area contributed by atoms with Crippen LogP contribution in [-0.2, 0) is 57.3 Å². The summed E-state index contributed by atoms with van der Waals surface area (Å²) in [7, 11) is 0. The zero-order valence-corrected chi connectivity index (χ0v) is 25.8. The summed E-state index contributed by atoms with van der Waals surface area (Å²) in [6, 6.07) is 0. The number of aliphatic hydroxyl groups excluding tert-OH is 1. The van der Waals surface area contributed by atoms with Crippen molar-refractivity contribution in [1.29, 1.82) is 0 Å². The van der Waals surface area contributed by atoms with E-state index in [1.54, 1.807) is 0 Å². The van der Waals surface area contributed by atoms with E-state index in [1.165, 1.54) is 4.90 Å². The lowest BCUT2D eigenvalue weighted by molar-refractivity contribution is -0.335. The zero-order valence-electron chi connectivity index (χ0n) is 25.8. The number of imide groups is 1. The van der Waals surface area contributed by atoms with Crippen LogP contribution in [0.15, 0.2) is 0 Å². The zero-order chi connectivity index (χ0) is 33.1. The molecule has 0 radical (unpaired) electrons. The molecule has 2 bridgehead atoms. The molecule has 0 aromatic heterocycles. The van der Waals surface area contributed by atoms with Gasteiger partial charge in [-0.3, -0.25) is 28.9 Å². The van der Waals surface area contributed by atoms with Crippen molar-refractivity contribution in [2.45, 2.75) is 89.1 Å². The quantitative estimate of drug-likeness (QED) is 0.216. The number of aliphatic hydroxyl groups is 1. The minimum Gasteiger partial charge on any atom is -0.388 e. The first-order valence-corrected chi connectivity index (χ1v) is 15.5. The molecule has 0 aromatic carbocycles. The fraction of sp³-hybridized carbons (Fsp3) is 0.786. The van der Waals surface area contributed by atoms with Crippen LogP contribution in [0.4, 0.5) is 0 Å². The Morgan fingerprint density at radius 1 is 0.891 bits per heavy atom. The van der Waals surface area contributed by atoms with E-state index in [2.05, 4.69) is 16.0 Å². The topological polar surface area (TPSA) is 221 Å². The van der Waals surface area contributed by atoms with E-state index in [-0.39, 0.29) is 77.8 Å². The third-order valence-electron chi connectivity index (χ3n) is 7.52. The maximum absolute atomic E-state index is 12.7. The Balaban J connectivity index is 1.30. The Kier molecular flexibility index (Phi) is 13.6. The third kappa shape index (κ3) is 11.2. The molecule has 18 heteroatoms. The molecule has 0 aromatic rings. The Labute approximate surface area is 265 Å². The van der Waals surface area contributed by atoms with Crippen LogP contribution in [0.3, 0.4) is 0 Å². The first-order valence-electron chi connectivity index (χ1n) is 15.5. The summed E-state index contributed by atoms with van der Waals surface area (Å²) in [6.07, 6.45) is -1.83. The van der Waals surface area contributed by atoms with Gasteiger partial charge >= 0.3 is 5.97 Å². The summed E-state index contributed by atoms with van der Waals surface area (Å²) in [4.78, 5) is 79.3. The molecule has 0 aliphatic carbocycles. The van der Waals surface area contributed by atoms with Gasteiger partial charge in [0, 0.05) is 38.9 Å². The Bertz CT molecular complexity index is 1090. The predicted octanol–water partition coefficient (Wildman–Crippen LogP) is -2.59. The highest BCUT2D eigenvalue weighted by Crippen LogP contribution is 2.28. The van der Waals surface area contributed by atoms with E-state index in [4.69, 9.17) is 28.5 Å². The SMILES string of the molecule is C[C@H]1CC[C@@H]2O[C@H]3CC[C@H](O)[C@H](OCCNC(=O)CN(CC(=O)NCCC(=O)ON4C(=O)CCC4=O)CC(=O)NCCO[C@@H]2O1)O3. The number of hydroxylamine groups is 2. The minimum absolute atomic E-state index is 0.0155. The highest BCUT2D eigenvalue weighted by Gasteiger charge is 2.37. The van der Waals surface area contributed by atoms with E-state index >= 15 is 0 Å². The lowest BCUT2D eigenvalue weighted by atomic mass is 10.1.